The number of nitrogen functional groups attached to an aromatic ring is 1. The molecule has 2 N–H and O–H groups in total. The number of anilines is 1. The van der Waals surface area contributed by atoms with Crippen LogP contribution in [0.15, 0.2) is 53.7 Å². The van der Waals surface area contributed by atoms with Gasteiger partial charge in [-0.05, 0) is 17.2 Å². The highest BCUT2D eigenvalue weighted by atomic mass is 32.1. The Morgan fingerprint density at radius 3 is 2.71 bits per heavy atom. The topological polar surface area (TPSA) is 73.4 Å². The maximum Gasteiger partial charge on any atom is 0.151 e. The summed E-state index contributed by atoms with van der Waals surface area (Å²) in [7, 11) is 1.50. The minimum atomic E-state index is 0.427. The van der Waals surface area contributed by atoms with E-state index in [0.29, 0.717) is 11.3 Å². The Morgan fingerprint density at radius 1 is 1.08 bits per heavy atom. The van der Waals surface area contributed by atoms with Gasteiger partial charge in [0.1, 0.15) is 23.8 Å². The first kappa shape index (κ1) is 14.6. The summed E-state index contributed by atoms with van der Waals surface area (Å²) in [5, 5.41) is 5.53. The second-order valence-corrected chi connectivity index (χ2v) is 6.27. The molecule has 0 radical (unpaired) electrons. The Hall–Kier alpha value is -2.99. The van der Waals surface area contributed by atoms with Gasteiger partial charge in [-0.1, -0.05) is 47.6 Å². The van der Waals surface area contributed by atoms with Crippen LogP contribution in [-0.2, 0) is 4.84 Å². The molecule has 4 aromatic rings. The summed E-state index contributed by atoms with van der Waals surface area (Å²) in [5.74, 6) is 0.427. The quantitative estimate of drug-likeness (QED) is 0.453. The minimum Gasteiger partial charge on any atom is -0.399 e. The van der Waals surface area contributed by atoms with Gasteiger partial charge in [-0.25, -0.2) is 9.97 Å². The number of pyridine rings is 1. The van der Waals surface area contributed by atoms with Crippen molar-refractivity contribution in [2.45, 2.75) is 0 Å². The molecule has 0 fully saturated rings. The van der Waals surface area contributed by atoms with Crippen molar-refractivity contribution in [1.82, 2.24) is 9.97 Å². The van der Waals surface area contributed by atoms with Gasteiger partial charge < -0.3 is 10.6 Å². The van der Waals surface area contributed by atoms with Gasteiger partial charge in [0.05, 0.1) is 10.2 Å². The molecular weight excluding hydrogens is 320 g/mol. The summed E-state index contributed by atoms with van der Waals surface area (Å²) < 4.78 is 1.01. The lowest BCUT2D eigenvalue weighted by atomic mass is 10.0. The van der Waals surface area contributed by atoms with Crippen LogP contribution in [0, 0.1) is 0 Å². The molecule has 0 aliphatic carbocycles. The fourth-order valence-corrected chi connectivity index (χ4v) is 3.63. The second kappa shape index (κ2) is 5.90. The van der Waals surface area contributed by atoms with E-state index in [0.717, 1.165) is 31.7 Å². The normalized spacial score (nSPS) is 11.5. The van der Waals surface area contributed by atoms with E-state index in [2.05, 4.69) is 45.5 Å². The molecule has 0 bridgehead atoms. The largest absolute Gasteiger partial charge is 0.399 e. The maximum atomic E-state index is 6.11. The SMILES string of the molecule is CON=Cc1nc2c(N)nc3cc(-c4ccccc4)ccc3c2s1. The first-order valence-corrected chi connectivity index (χ1v) is 8.19. The lowest BCUT2D eigenvalue weighted by Gasteiger charge is -2.05. The van der Waals surface area contributed by atoms with Crippen molar-refractivity contribution in [3.8, 4) is 11.1 Å². The van der Waals surface area contributed by atoms with E-state index < -0.39 is 0 Å². The summed E-state index contributed by atoms with van der Waals surface area (Å²) in [6, 6.07) is 16.4. The Labute approximate surface area is 142 Å². The van der Waals surface area contributed by atoms with E-state index in [1.807, 2.05) is 18.2 Å². The number of hydrogen-bond donors (Lipinski definition) is 1. The number of hydrogen-bond acceptors (Lipinski definition) is 6. The molecule has 24 heavy (non-hydrogen) atoms. The molecule has 0 saturated carbocycles. The van der Waals surface area contributed by atoms with Crippen LogP contribution in [0.4, 0.5) is 5.82 Å². The number of nitrogens with two attached hydrogens (primary N) is 1. The molecule has 5 nitrogen and oxygen atoms in total. The standard InChI is InChI=1S/C18H14N4OS/c1-23-20-10-15-22-16-17(24-15)13-8-7-12(9-14(13)21-18(16)19)11-5-3-2-4-6-11/h2-10H,1H3,(H2,19,21). The van der Waals surface area contributed by atoms with Gasteiger partial charge in [-0.2, -0.15) is 0 Å². The van der Waals surface area contributed by atoms with Gasteiger partial charge in [-0.15, -0.1) is 11.3 Å². The van der Waals surface area contributed by atoms with Crippen molar-refractivity contribution >= 4 is 44.5 Å². The van der Waals surface area contributed by atoms with Gasteiger partial charge in [0.25, 0.3) is 0 Å². The van der Waals surface area contributed by atoms with Crippen LogP contribution in [0.5, 0.6) is 0 Å². The first-order valence-electron chi connectivity index (χ1n) is 7.38. The molecule has 6 heteroatoms. The van der Waals surface area contributed by atoms with Crippen LogP contribution in [0.2, 0.25) is 0 Å². The van der Waals surface area contributed by atoms with Crippen LogP contribution < -0.4 is 5.73 Å². The van der Waals surface area contributed by atoms with Crippen LogP contribution in [0.25, 0.3) is 32.2 Å². The van der Waals surface area contributed by atoms with E-state index in [4.69, 9.17) is 10.6 Å². The van der Waals surface area contributed by atoms with E-state index in [9.17, 15) is 0 Å². The molecule has 0 atom stereocenters. The molecule has 0 unspecified atom stereocenters. The van der Waals surface area contributed by atoms with Crippen molar-refractivity contribution in [1.29, 1.82) is 0 Å². The Bertz CT molecular complexity index is 1060. The summed E-state index contributed by atoms with van der Waals surface area (Å²) in [5.41, 5.74) is 9.94. The molecule has 118 valence electrons. The van der Waals surface area contributed by atoms with Gasteiger partial charge in [0, 0.05) is 5.39 Å². The molecule has 2 aromatic heterocycles. The third-order valence-electron chi connectivity index (χ3n) is 3.75. The zero-order valence-electron chi connectivity index (χ0n) is 12.9. The van der Waals surface area contributed by atoms with Gasteiger partial charge in [0.15, 0.2) is 5.82 Å². The smallest absolute Gasteiger partial charge is 0.151 e. The van der Waals surface area contributed by atoms with E-state index in [1.54, 1.807) is 6.21 Å². The van der Waals surface area contributed by atoms with Crippen molar-refractivity contribution in [2.24, 2.45) is 5.16 Å². The third-order valence-corrected chi connectivity index (χ3v) is 4.77. The Balaban J connectivity index is 1.92. The van der Waals surface area contributed by atoms with Crippen molar-refractivity contribution < 1.29 is 4.84 Å². The number of rotatable bonds is 3. The number of benzene rings is 2. The molecule has 0 aliphatic rings. The zero-order valence-corrected chi connectivity index (χ0v) is 13.7. The molecule has 4 rings (SSSR count). The third kappa shape index (κ3) is 2.47. The fourth-order valence-electron chi connectivity index (χ4n) is 2.65. The van der Waals surface area contributed by atoms with Gasteiger partial charge in [0.2, 0.25) is 0 Å². The fraction of sp³-hybridized carbons (Fsp3) is 0.0556. The highest BCUT2D eigenvalue weighted by Gasteiger charge is 2.12. The van der Waals surface area contributed by atoms with Crippen LogP contribution in [0.3, 0.4) is 0 Å². The maximum absolute atomic E-state index is 6.11. The van der Waals surface area contributed by atoms with Crippen LogP contribution >= 0.6 is 11.3 Å². The van der Waals surface area contributed by atoms with Crippen molar-refractivity contribution in [3.05, 3.63) is 53.5 Å². The van der Waals surface area contributed by atoms with E-state index in [-0.39, 0.29) is 0 Å². The van der Waals surface area contributed by atoms with Crippen LogP contribution in [-0.4, -0.2) is 23.3 Å². The van der Waals surface area contributed by atoms with E-state index in [1.165, 1.54) is 18.4 Å². The molecule has 0 amide bonds. The van der Waals surface area contributed by atoms with E-state index >= 15 is 0 Å². The van der Waals surface area contributed by atoms with Crippen LogP contribution in [0.1, 0.15) is 5.01 Å². The van der Waals surface area contributed by atoms with Crippen molar-refractivity contribution in [2.75, 3.05) is 12.8 Å². The second-order valence-electron chi connectivity index (χ2n) is 5.24. The number of oxime groups is 1. The highest BCUT2D eigenvalue weighted by molar-refractivity contribution is 7.21. The molecular formula is C18H14N4OS. The predicted octanol–water partition coefficient (Wildman–Crippen LogP) is 4.07. The Morgan fingerprint density at radius 2 is 1.92 bits per heavy atom. The minimum absolute atomic E-state index is 0.427. The predicted molar refractivity (Wildman–Crippen MR) is 99.4 cm³/mol. The molecule has 2 aromatic carbocycles. The number of nitrogens with zero attached hydrogens (tertiary/aromatic N) is 3. The highest BCUT2D eigenvalue weighted by Crippen LogP contribution is 2.34. The monoisotopic (exact) mass is 334 g/mol. The lowest BCUT2D eigenvalue weighted by Crippen LogP contribution is -1.93. The number of fused-ring (bicyclic) bond motifs is 3. The molecule has 0 aliphatic heterocycles. The van der Waals surface area contributed by atoms with Crippen molar-refractivity contribution in [3.63, 3.8) is 0 Å². The average molecular weight is 334 g/mol. The molecule has 0 spiro atoms. The number of aromatic nitrogens is 2. The first-order chi connectivity index (χ1) is 11.8. The zero-order chi connectivity index (χ0) is 16.5. The summed E-state index contributed by atoms with van der Waals surface area (Å²) in [6.07, 6.45) is 1.58. The lowest BCUT2D eigenvalue weighted by molar-refractivity contribution is 0.215. The summed E-state index contributed by atoms with van der Waals surface area (Å²) in [4.78, 5) is 13.7. The average Bonchev–Trinajstić information content (AvgIpc) is 3.05. The Kier molecular flexibility index (Phi) is 3.59. The van der Waals surface area contributed by atoms with Gasteiger partial charge in [-0.3, -0.25) is 0 Å². The number of thiazole rings is 1. The van der Waals surface area contributed by atoms with Gasteiger partial charge >= 0.3 is 0 Å². The molecule has 0 saturated heterocycles. The molecule has 2 heterocycles. The summed E-state index contributed by atoms with van der Waals surface area (Å²) >= 11 is 1.52. The summed E-state index contributed by atoms with van der Waals surface area (Å²) in [6.45, 7) is 0.